The second-order valence-corrected chi connectivity index (χ2v) is 4.81. The predicted octanol–water partition coefficient (Wildman–Crippen LogP) is 3.83. The van der Waals surface area contributed by atoms with E-state index in [-0.39, 0.29) is 4.47 Å². The van der Waals surface area contributed by atoms with Crippen LogP contribution in [0.3, 0.4) is 0 Å². The first-order chi connectivity index (χ1) is 9.08. The van der Waals surface area contributed by atoms with E-state index in [0.717, 1.165) is 0 Å². The molecule has 0 aliphatic carbocycles. The van der Waals surface area contributed by atoms with Gasteiger partial charge in [-0.05, 0) is 45.8 Å². The van der Waals surface area contributed by atoms with E-state index in [1.165, 1.54) is 18.2 Å². The number of carboxylic acid groups (broad SMARTS) is 1. The molecular formula is C14H11BrFNO2. The lowest BCUT2D eigenvalue weighted by Crippen LogP contribution is -2.20. The molecule has 0 saturated heterocycles. The molecule has 0 heterocycles. The highest BCUT2D eigenvalue weighted by Crippen LogP contribution is 2.24. The van der Waals surface area contributed by atoms with Crippen molar-refractivity contribution in [3.63, 3.8) is 0 Å². The average Bonchev–Trinajstić information content (AvgIpc) is 2.40. The molecule has 2 rings (SSSR count). The van der Waals surface area contributed by atoms with Gasteiger partial charge in [0.05, 0.1) is 4.47 Å². The van der Waals surface area contributed by atoms with Crippen LogP contribution in [0.25, 0.3) is 0 Å². The number of carboxylic acids is 1. The Morgan fingerprint density at radius 2 is 1.89 bits per heavy atom. The van der Waals surface area contributed by atoms with Crippen LogP contribution < -0.4 is 5.32 Å². The summed E-state index contributed by atoms with van der Waals surface area (Å²) in [4.78, 5) is 11.3. The Labute approximate surface area is 118 Å². The molecule has 5 heteroatoms. The summed E-state index contributed by atoms with van der Waals surface area (Å²) in [7, 11) is 0. The van der Waals surface area contributed by atoms with Crippen LogP contribution in [-0.2, 0) is 4.79 Å². The van der Waals surface area contributed by atoms with Gasteiger partial charge >= 0.3 is 5.97 Å². The monoisotopic (exact) mass is 323 g/mol. The maximum atomic E-state index is 13.2. The Morgan fingerprint density at radius 3 is 2.47 bits per heavy atom. The van der Waals surface area contributed by atoms with Crippen LogP contribution in [0.5, 0.6) is 0 Å². The largest absolute Gasteiger partial charge is 0.479 e. The SMILES string of the molecule is O=C(O)C(Nc1ccccc1)c1ccc(F)c(Br)c1. The standard InChI is InChI=1S/C14H11BrFNO2/c15-11-8-9(6-7-12(11)16)13(14(18)19)17-10-4-2-1-3-5-10/h1-8,13,17H,(H,18,19). The highest BCUT2D eigenvalue weighted by atomic mass is 79.9. The Balaban J connectivity index is 2.30. The van der Waals surface area contributed by atoms with Crippen molar-refractivity contribution in [3.8, 4) is 0 Å². The second-order valence-electron chi connectivity index (χ2n) is 3.96. The number of anilines is 1. The first kappa shape index (κ1) is 13.5. The number of rotatable bonds is 4. The van der Waals surface area contributed by atoms with Crippen LogP contribution in [0.15, 0.2) is 53.0 Å². The molecule has 3 nitrogen and oxygen atoms in total. The lowest BCUT2D eigenvalue weighted by atomic mass is 10.1. The maximum Gasteiger partial charge on any atom is 0.330 e. The number of halogens is 2. The summed E-state index contributed by atoms with van der Waals surface area (Å²) in [6.45, 7) is 0. The molecule has 2 aromatic carbocycles. The topological polar surface area (TPSA) is 49.3 Å². The van der Waals surface area contributed by atoms with Crippen LogP contribution in [0, 0.1) is 5.82 Å². The van der Waals surface area contributed by atoms with Crippen molar-refractivity contribution in [3.05, 3.63) is 64.4 Å². The normalized spacial score (nSPS) is 11.9. The Bertz CT molecular complexity index is 589. The maximum absolute atomic E-state index is 13.2. The fourth-order valence-electron chi connectivity index (χ4n) is 1.68. The Kier molecular flexibility index (Phi) is 4.16. The lowest BCUT2D eigenvalue weighted by molar-refractivity contribution is -0.138. The van der Waals surface area contributed by atoms with E-state index < -0.39 is 17.8 Å². The summed E-state index contributed by atoms with van der Waals surface area (Å²) < 4.78 is 13.4. The summed E-state index contributed by atoms with van der Waals surface area (Å²) in [5.74, 6) is -1.45. The van der Waals surface area contributed by atoms with Gasteiger partial charge in [-0.2, -0.15) is 0 Å². The molecule has 1 unspecified atom stereocenters. The van der Waals surface area contributed by atoms with Gasteiger partial charge in [-0.3, -0.25) is 0 Å². The molecule has 0 spiro atoms. The van der Waals surface area contributed by atoms with E-state index in [2.05, 4.69) is 21.2 Å². The zero-order valence-electron chi connectivity index (χ0n) is 9.81. The molecule has 0 saturated carbocycles. The number of benzene rings is 2. The van der Waals surface area contributed by atoms with Gasteiger partial charge in [0.2, 0.25) is 0 Å². The molecule has 0 bridgehead atoms. The van der Waals surface area contributed by atoms with E-state index >= 15 is 0 Å². The van der Waals surface area contributed by atoms with Crippen LogP contribution in [0.1, 0.15) is 11.6 Å². The van der Waals surface area contributed by atoms with E-state index in [9.17, 15) is 14.3 Å². The summed E-state index contributed by atoms with van der Waals surface area (Å²) in [5, 5.41) is 12.2. The minimum atomic E-state index is -1.03. The molecule has 2 N–H and O–H groups in total. The molecular weight excluding hydrogens is 313 g/mol. The third-order valence-corrected chi connectivity index (χ3v) is 3.22. The molecule has 0 amide bonds. The molecule has 2 aromatic rings. The highest BCUT2D eigenvalue weighted by molar-refractivity contribution is 9.10. The van der Waals surface area contributed by atoms with E-state index in [1.54, 1.807) is 12.1 Å². The number of aliphatic carboxylic acids is 1. The molecule has 0 fully saturated rings. The Hall–Kier alpha value is -1.88. The number of nitrogens with one attached hydrogen (secondary N) is 1. The van der Waals surface area contributed by atoms with Crippen molar-refractivity contribution >= 4 is 27.6 Å². The number of carbonyl (C=O) groups is 1. The smallest absolute Gasteiger partial charge is 0.330 e. The molecule has 19 heavy (non-hydrogen) atoms. The summed E-state index contributed by atoms with van der Waals surface area (Å²) >= 11 is 3.05. The molecule has 0 aromatic heterocycles. The van der Waals surface area contributed by atoms with Gasteiger partial charge in [-0.1, -0.05) is 24.3 Å². The fraction of sp³-hybridized carbons (Fsp3) is 0.0714. The number of para-hydroxylation sites is 1. The van der Waals surface area contributed by atoms with E-state index in [0.29, 0.717) is 11.3 Å². The zero-order chi connectivity index (χ0) is 13.8. The van der Waals surface area contributed by atoms with Gasteiger partial charge < -0.3 is 10.4 Å². The van der Waals surface area contributed by atoms with Gasteiger partial charge in [0.25, 0.3) is 0 Å². The van der Waals surface area contributed by atoms with Gasteiger partial charge in [0, 0.05) is 5.69 Å². The molecule has 0 radical (unpaired) electrons. The lowest BCUT2D eigenvalue weighted by Gasteiger charge is -2.16. The van der Waals surface area contributed by atoms with Gasteiger partial charge in [0.1, 0.15) is 5.82 Å². The third kappa shape index (κ3) is 3.32. The van der Waals surface area contributed by atoms with Crippen molar-refractivity contribution in [2.24, 2.45) is 0 Å². The molecule has 1 atom stereocenters. The zero-order valence-corrected chi connectivity index (χ0v) is 11.4. The van der Waals surface area contributed by atoms with Crippen molar-refractivity contribution < 1.29 is 14.3 Å². The summed E-state index contributed by atoms with van der Waals surface area (Å²) in [6.07, 6.45) is 0. The fourth-order valence-corrected chi connectivity index (χ4v) is 2.08. The molecule has 0 aliphatic heterocycles. The van der Waals surface area contributed by atoms with Gasteiger partial charge in [-0.25, -0.2) is 9.18 Å². The summed E-state index contributed by atoms with van der Waals surface area (Å²) in [5.41, 5.74) is 1.17. The quantitative estimate of drug-likeness (QED) is 0.899. The molecule has 0 aliphatic rings. The molecule has 98 valence electrons. The number of hydrogen-bond donors (Lipinski definition) is 2. The third-order valence-electron chi connectivity index (χ3n) is 2.61. The van der Waals surface area contributed by atoms with Gasteiger partial charge in [-0.15, -0.1) is 0 Å². The first-order valence-electron chi connectivity index (χ1n) is 5.57. The summed E-state index contributed by atoms with van der Waals surface area (Å²) in [6, 6.07) is 12.2. The van der Waals surface area contributed by atoms with Crippen LogP contribution in [-0.4, -0.2) is 11.1 Å². The van der Waals surface area contributed by atoms with Crippen molar-refractivity contribution in [1.82, 2.24) is 0 Å². The number of hydrogen-bond acceptors (Lipinski definition) is 2. The van der Waals surface area contributed by atoms with Crippen molar-refractivity contribution in [2.45, 2.75) is 6.04 Å². The second kappa shape index (κ2) is 5.84. The van der Waals surface area contributed by atoms with Crippen LogP contribution in [0.2, 0.25) is 0 Å². The van der Waals surface area contributed by atoms with Crippen LogP contribution in [0.4, 0.5) is 10.1 Å². The minimum Gasteiger partial charge on any atom is -0.479 e. The first-order valence-corrected chi connectivity index (χ1v) is 6.36. The van der Waals surface area contributed by atoms with Crippen molar-refractivity contribution in [2.75, 3.05) is 5.32 Å². The van der Waals surface area contributed by atoms with Crippen molar-refractivity contribution in [1.29, 1.82) is 0 Å². The van der Waals surface area contributed by atoms with Crippen LogP contribution >= 0.6 is 15.9 Å². The van der Waals surface area contributed by atoms with E-state index in [4.69, 9.17) is 0 Å². The Morgan fingerprint density at radius 1 is 1.21 bits per heavy atom. The van der Waals surface area contributed by atoms with E-state index in [1.807, 2.05) is 18.2 Å². The average molecular weight is 324 g/mol. The van der Waals surface area contributed by atoms with Gasteiger partial charge in [0.15, 0.2) is 6.04 Å². The minimum absolute atomic E-state index is 0.242. The highest BCUT2D eigenvalue weighted by Gasteiger charge is 2.20. The predicted molar refractivity (Wildman–Crippen MR) is 74.5 cm³/mol.